The summed E-state index contributed by atoms with van der Waals surface area (Å²) in [6.45, 7) is 1.89. The predicted octanol–water partition coefficient (Wildman–Crippen LogP) is 4.24. The predicted molar refractivity (Wildman–Crippen MR) is 86.1 cm³/mol. The second-order valence-electron chi connectivity index (χ2n) is 4.71. The minimum Gasteiger partial charge on any atom is -0.268 e. The minimum absolute atomic E-state index is 0.253. The number of benzene rings is 2. The Morgan fingerprint density at radius 1 is 0.952 bits per heavy atom. The van der Waals surface area contributed by atoms with Crippen LogP contribution in [0.2, 0.25) is 0 Å². The lowest BCUT2D eigenvalue weighted by Crippen LogP contribution is -2.28. The molecule has 4 heteroatoms. The van der Waals surface area contributed by atoms with Gasteiger partial charge in [-0.3, -0.25) is 9.59 Å². The van der Waals surface area contributed by atoms with E-state index >= 15 is 0 Å². The van der Waals surface area contributed by atoms with Gasteiger partial charge in [0.25, 0.3) is 11.1 Å². The third-order valence-electron chi connectivity index (χ3n) is 3.25. The maximum atomic E-state index is 12.5. The zero-order valence-electron chi connectivity index (χ0n) is 11.4. The van der Waals surface area contributed by atoms with Crippen molar-refractivity contribution in [2.24, 2.45) is 0 Å². The fourth-order valence-electron chi connectivity index (χ4n) is 2.19. The monoisotopic (exact) mass is 295 g/mol. The smallest absolute Gasteiger partial charge is 0.268 e. The van der Waals surface area contributed by atoms with Gasteiger partial charge in [0, 0.05) is 0 Å². The standard InChI is InChI=1S/C17H13NO2S/c1-12-7-5-6-10-14(12)18-16(19)15(21-17(18)20)11-13-8-3-2-4-9-13/h2-11H,1H3. The first-order chi connectivity index (χ1) is 10.2. The van der Waals surface area contributed by atoms with E-state index in [2.05, 4.69) is 0 Å². The van der Waals surface area contributed by atoms with E-state index in [9.17, 15) is 9.59 Å². The molecule has 1 aliphatic rings. The quantitative estimate of drug-likeness (QED) is 0.778. The highest BCUT2D eigenvalue weighted by Gasteiger charge is 2.36. The number of rotatable bonds is 2. The van der Waals surface area contributed by atoms with E-state index in [1.54, 1.807) is 12.1 Å². The Kier molecular flexibility index (Phi) is 3.62. The topological polar surface area (TPSA) is 37.4 Å². The molecule has 0 radical (unpaired) electrons. The Morgan fingerprint density at radius 2 is 1.62 bits per heavy atom. The van der Waals surface area contributed by atoms with Gasteiger partial charge in [0.1, 0.15) is 0 Å². The summed E-state index contributed by atoms with van der Waals surface area (Å²) in [6, 6.07) is 16.9. The molecule has 0 aromatic heterocycles. The van der Waals surface area contributed by atoms with Crippen LogP contribution in [0.1, 0.15) is 11.1 Å². The largest absolute Gasteiger partial charge is 0.298 e. The van der Waals surface area contributed by atoms with E-state index < -0.39 is 0 Å². The third-order valence-corrected chi connectivity index (χ3v) is 4.12. The Bertz CT molecular complexity index is 737. The van der Waals surface area contributed by atoms with Gasteiger partial charge in [-0.05, 0) is 42.0 Å². The van der Waals surface area contributed by atoms with Gasteiger partial charge in [-0.1, -0.05) is 48.5 Å². The Hall–Kier alpha value is -2.33. The molecular weight excluding hydrogens is 282 g/mol. The molecule has 1 heterocycles. The summed E-state index contributed by atoms with van der Waals surface area (Å²) in [5.74, 6) is -0.261. The van der Waals surface area contributed by atoms with Crippen molar-refractivity contribution in [1.82, 2.24) is 0 Å². The van der Waals surface area contributed by atoms with Crippen LogP contribution in [0, 0.1) is 6.92 Å². The van der Waals surface area contributed by atoms with E-state index in [-0.39, 0.29) is 11.1 Å². The molecule has 2 aromatic rings. The molecule has 3 rings (SSSR count). The van der Waals surface area contributed by atoms with Crippen LogP contribution in [0.15, 0.2) is 59.5 Å². The Labute approximate surface area is 127 Å². The number of anilines is 1. The molecule has 2 aromatic carbocycles. The van der Waals surface area contributed by atoms with Crippen LogP contribution in [-0.4, -0.2) is 11.1 Å². The molecule has 1 aliphatic heterocycles. The fraction of sp³-hybridized carbons (Fsp3) is 0.0588. The van der Waals surface area contributed by atoms with Crippen LogP contribution < -0.4 is 4.90 Å². The summed E-state index contributed by atoms with van der Waals surface area (Å²) in [7, 11) is 0. The molecule has 0 saturated carbocycles. The summed E-state index contributed by atoms with van der Waals surface area (Å²) in [6.07, 6.45) is 1.75. The van der Waals surface area contributed by atoms with Crippen molar-refractivity contribution in [3.8, 4) is 0 Å². The van der Waals surface area contributed by atoms with Gasteiger partial charge >= 0.3 is 0 Å². The first-order valence-corrected chi connectivity index (χ1v) is 7.37. The van der Waals surface area contributed by atoms with Gasteiger partial charge in [-0.2, -0.15) is 0 Å². The molecular formula is C17H13NO2S. The van der Waals surface area contributed by atoms with E-state index in [4.69, 9.17) is 0 Å². The molecule has 0 unspecified atom stereocenters. The van der Waals surface area contributed by atoms with Crippen LogP contribution >= 0.6 is 11.8 Å². The van der Waals surface area contributed by atoms with Gasteiger partial charge in [0.2, 0.25) is 0 Å². The minimum atomic E-state index is -0.261. The van der Waals surface area contributed by atoms with Crippen molar-refractivity contribution in [2.75, 3.05) is 4.90 Å². The van der Waals surface area contributed by atoms with Crippen molar-refractivity contribution in [1.29, 1.82) is 0 Å². The highest BCUT2D eigenvalue weighted by Crippen LogP contribution is 2.36. The lowest BCUT2D eigenvalue weighted by Gasteiger charge is -2.14. The second-order valence-corrected chi connectivity index (χ2v) is 5.71. The lowest BCUT2D eigenvalue weighted by atomic mass is 10.1. The number of aryl methyl sites for hydroxylation is 1. The number of hydrogen-bond donors (Lipinski definition) is 0. The molecule has 0 aliphatic carbocycles. The van der Waals surface area contributed by atoms with Gasteiger partial charge in [0.15, 0.2) is 0 Å². The van der Waals surface area contributed by atoms with E-state index in [1.807, 2.05) is 55.5 Å². The molecule has 1 saturated heterocycles. The fourth-order valence-corrected chi connectivity index (χ4v) is 3.02. The van der Waals surface area contributed by atoms with Crippen molar-refractivity contribution in [3.63, 3.8) is 0 Å². The van der Waals surface area contributed by atoms with E-state index in [1.165, 1.54) is 4.90 Å². The van der Waals surface area contributed by atoms with Gasteiger partial charge in [-0.15, -0.1) is 0 Å². The molecule has 0 atom stereocenters. The SMILES string of the molecule is Cc1ccccc1N1C(=O)SC(=Cc2ccccc2)C1=O. The molecule has 104 valence electrons. The van der Waals surface area contributed by atoms with Crippen LogP contribution in [0.3, 0.4) is 0 Å². The number of carbonyl (C=O) groups is 2. The van der Waals surface area contributed by atoms with Gasteiger partial charge in [-0.25, -0.2) is 4.90 Å². The number of hydrogen-bond acceptors (Lipinski definition) is 3. The first-order valence-electron chi connectivity index (χ1n) is 6.55. The zero-order chi connectivity index (χ0) is 14.8. The Balaban J connectivity index is 1.97. The van der Waals surface area contributed by atoms with Crippen molar-refractivity contribution >= 4 is 34.7 Å². The van der Waals surface area contributed by atoms with Crippen molar-refractivity contribution < 1.29 is 9.59 Å². The molecule has 21 heavy (non-hydrogen) atoms. The average Bonchev–Trinajstić information content (AvgIpc) is 2.76. The number of nitrogens with zero attached hydrogens (tertiary/aromatic N) is 1. The maximum Gasteiger partial charge on any atom is 0.298 e. The summed E-state index contributed by atoms with van der Waals surface area (Å²) in [5.41, 5.74) is 2.46. The molecule has 0 N–H and O–H groups in total. The second kappa shape index (κ2) is 5.58. The number of imide groups is 1. The number of carbonyl (C=O) groups excluding carboxylic acids is 2. The molecule has 3 nitrogen and oxygen atoms in total. The van der Waals surface area contributed by atoms with E-state index in [0.29, 0.717) is 10.6 Å². The number of para-hydroxylation sites is 1. The van der Waals surface area contributed by atoms with Crippen LogP contribution in [0.25, 0.3) is 6.08 Å². The van der Waals surface area contributed by atoms with Crippen molar-refractivity contribution in [3.05, 3.63) is 70.6 Å². The lowest BCUT2D eigenvalue weighted by molar-refractivity contribution is -0.113. The molecule has 0 spiro atoms. The van der Waals surface area contributed by atoms with E-state index in [0.717, 1.165) is 22.9 Å². The summed E-state index contributed by atoms with van der Waals surface area (Å²) in [4.78, 5) is 26.4. The third kappa shape index (κ3) is 2.62. The first kappa shape index (κ1) is 13.6. The summed E-state index contributed by atoms with van der Waals surface area (Å²) < 4.78 is 0. The van der Waals surface area contributed by atoms with Crippen LogP contribution in [-0.2, 0) is 4.79 Å². The average molecular weight is 295 g/mol. The summed E-state index contributed by atoms with van der Waals surface area (Å²) in [5, 5.41) is -0.253. The number of thioether (sulfide) groups is 1. The van der Waals surface area contributed by atoms with Gasteiger partial charge < -0.3 is 0 Å². The molecule has 0 bridgehead atoms. The van der Waals surface area contributed by atoms with Crippen molar-refractivity contribution in [2.45, 2.75) is 6.92 Å². The highest BCUT2D eigenvalue weighted by molar-refractivity contribution is 8.19. The Morgan fingerprint density at radius 3 is 2.33 bits per heavy atom. The molecule has 2 amide bonds. The zero-order valence-corrected chi connectivity index (χ0v) is 12.3. The van der Waals surface area contributed by atoms with Crippen LogP contribution in [0.5, 0.6) is 0 Å². The highest BCUT2D eigenvalue weighted by atomic mass is 32.2. The normalized spacial score (nSPS) is 16.8. The van der Waals surface area contributed by atoms with Gasteiger partial charge in [0.05, 0.1) is 10.6 Å². The van der Waals surface area contributed by atoms with Crippen LogP contribution in [0.4, 0.5) is 10.5 Å². The molecule has 1 fully saturated rings. The maximum absolute atomic E-state index is 12.5. The summed E-state index contributed by atoms with van der Waals surface area (Å²) >= 11 is 0.979. The number of amides is 2.